The predicted octanol–water partition coefficient (Wildman–Crippen LogP) is 2.92. The number of nitro groups is 1. The second-order valence-corrected chi connectivity index (χ2v) is 6.84. The first-order valence-electron chi connectivity index (χ1n) is 10.3. The molecule has 2 heterocycles. The molecule has 0 saturated carbocycles. The third-order valence-corrected chi connectivity index (χ3v) is 4.33. The van der Waals surface area contributed by atoms with E-state index in [4.69, 9.17) is 20.3 Å². The van der Waals surface area contributed by atoms with Crippen molar-refractivity contribution < 1.29 is 39.9 Å². The number of nitro benzene ring substituents is 1. The van der Waals surface area contributed by atoms with E-state index < -0.39 is 4.92 Å². The van der Waals surface area contributed by atoms with Crippen LogP contribution in [0.15, 0.2) is 49.1 Å². The van der Waals surface area contributed by atoms with E-state index >= 15 is 0 Å². The number of anilines is 1. The van der Waals surface area contributed by atoms with Crippen LogP contribution in [0.1, 0.15) is 6.92 Å². The van der Waals surface area contributed by atoms with Crippen molar-refractivity contribution in [2.45, 2.75) is 6.92 Å². The van der Waals surface area contributed by atoms with Crippen LogP contribution in [0.5, 0.6) is 11.5 Å². The van der Waals surface area contributed by atoms with Crippen molar-refractivity contribution in [1.82, 2.24) is 29.5 Å². The van der Waals surface area contributed by atoms with E-state index in [-0.39, 0.29) is 45.9 Å². The van der Waals surface area contributed by atoms with Gasteiger partial charge >= 0.3 is 5.69 Å². The number of para-hydroxylation sites is 2. The minimum absolute atomic E-state index is 0. The largest absolute Gasteiger partial charge is 0.494 e. The summed E-state index contributed by atoms with van der Waals surface area (Å²) in [4.78, 5) is 18.6. The number of hydrogen-bond acceptors (Lipinski definition) is 10. The van der Waals surface area contributed by atoms with Gasteiger partial charge in [0.2, 0.25) is 5.75 Å². The summed E-state index contributed by atoms with van der Waals surface area (Å²) in [6.45, 7) is 1.93. The second kappa shape index (κ2) is 16.0. The number of hydrogen-bond donors (Lipinski definition) is 2. The molecule has 0 spiro atoms. The fourth-order valence-electron chi connectivity index (χ4n) is 2.94. The smallest absolute Gasteiger partial charge is 0.311 e. The van der Waals surface area contributed by atoms with Crippen molar-refractivity contribution in [2.75, 3.05) is 26.6 Å². The average molecular weight is 606 g/mol. The SMILES string of the molecule is CCO.COc1c(-c2ncn(C)n2)cccc1[N+](=O)[O-].COc1c(N)cccc1-c1ncn(C)n1.[CH3-].[Pd]. The van der Waals surface area contributed by atoms with Crippen LogP contribution in [0.25, 0.3) is 22.8 Å². The third-order valence-electron chi connectivity index (χ3n) is 4.33. The minimum Gasteiger partial charge on any atom is -0.494 e. The van der Waals surface area contributed by atoms with Gasteiger partial charge in [0.25, 0.3) is 0 Å². The zero-order valence-corrected chi connectivity index (χ0v) is 23.0. The molecular weight excluding hydrogens is 575 g/mol. The Morgan fingerprint density at radius 3 is 1.76 bits per heavy atom. The normalized spacial score (nSPS) is 9.35. The van der Waals surface area contributed by atoms with Gasteiger partial charge in [0.1, 0.15) is 12.7 Å². The molecular formula is C23H31N8O5Pd-. The fourth-order valence-corrected chi connectivity index (χ4v) is 2.94. The van der Waals surface area contributed by atoms with Crippen molar-refractivity contribution in [3.05, 3.63) is 66.6 Å². The maximum Gasteiger partial charge on any atom is 0.311 e. The molecule has 0 saturated heterocycles. The van der Waals surface area contributed by atoms with Crippen LogP contribution < -0.4 is 15.2 Å². The molecule has 0 aliphatic heterocycles. The maximum atomic E-state index is 10.8. The number of methoxy groups -OCH3 is 2. The summed E-state index contributed by atoms with van der Waals surface area (Å²) in [5.41, 5.74) is 7.58. The Bertz CT molecular complexity index is 1260. The quantitative estimate of drug-likeness (QED) is 0.113. The number of aliphatic hydroxyl groups excluding tert-OH is 1. The molecule has 0 radical (unpaired) electrons. The minimum atomic E-state index is -0.495. The van der Waals surface area contributed by atoms with E-state index in [1.54, 1.807) is 50.3 Å². The summed E-state index contributed by atoms with van der Waals surface area (Å²) in [6, 6.07) is 10.2. The summed E-state index contributed by atoms with van der Waals surface area (Å²) in [5, 5.41) is 26.7. The van der Waals surface area contributed by atoms with Crippen LogP contribution in [0, 0.1) is 17.5 Å². The van der Waals surface area contributed by atoms with Gasteiger partial charge in [0, 0.05) is 47.2 Å². The molecule has 0 unspecified atom stereocenters. The maximum absolute atomic E-state index is 10.8. The summed E-state index contributed by atoms with van der Waals surface area (Å²) in [6.07, 6.45) is 3.16. The first-order chi connectivity index (χ1) is 16.8. The molecule has 37 heavy (non-hydrogen) atoms. The molecule has 2 aromatic carbocycles. The fraction of sp³-hybridized carbons (Fsp3) is 0.261. The van der Waals surface area contributed by atoms with Crippen molar-refractivity contribution in [2.24, 2.45) is 14.1 Å². The van der Waals surface area contributed by atoms with Gasteiger partial charge in [-0.05, 0) is 25.1 Å². The Kier molecular flexibility index (Phi) is 14.3. The molecule has 0 fully saturated rings. The molecule has 13 nitrogen and oxygen atoms in total. The Morgan fingerprint density at radius 1 is 0.946 bits per heavy atom. The van der Waals surface area contributed by atoms with E-state index in [0.717, 1.165) is 5.56 Å². The van der Waals surface area contributed by atoms with Gasteiger partial charge in [-0.1, -0.05) is 12.1 Å². The molecule has 4 rings (SSSR count). The molecule has 0 aliphatic carbocycles. The van der Waals surface area contributed by atoms with E-state index in [9.17, 15) is 10.1 Å². The van der Waals surface area contributed by atoms with Crippen LogP contribution in [0.4, 0.5) is 11.4 Å². The van der Waals surface area contributed by atoms with Crippen LogP contribution in [-0.4, -0.2) is 60.4 Å². The molecule has 2 aromatic heterocycles. The van der Waals surface area contributed by atoms with E-state index in [1.807, 2.05) is 19.2 Å². The van der Waals surface area contributed by atoms with Crippen LogP contribution >= 0.6 is 0 Å². The van der Waals surface area contributed by atoms with Crippen LogP contribution in [0.3, 0.4) is 0 Å². The van der Waals surface area contributed by atoms with Gasteiger partial charge in [-0.3, -0.25) is 19.5 Å². The number of benzene rings is 2. The summed E-state index contributed by atoms with van der Waals surface area (Å²) >= 11 is 0. The van der Waals surface area contributed by atoms with E-state index in [0.29, 0.717) is 28.6 Å². The predicted molar refractivity (Wildman–Crippen MR) is 136 cm³/mol. The van der Waals surface area contributed by atoms with Gasteiger partial charge in [-0.25, -0.2) is 9.97 Å². The molecule has 4 aromatic rings. The molecule has 204 valence electrons. The molecule has 0 aliphatic rings. The van der Waals surface area contributed by atoms with E-state index in [1.165, 1.54) is 24.2 Å². The van der Waals surface area contributed by atoms with Gasteiger partial charge < -0.3 is 27.7 Å². The number of aryl methyl sites for hydroxylation is 2. The Hall–Kier alpha value is -3.86. The zero-order chi connectivity index (χ0) is 26.0. The molecule has 14 heteroatoms. The number of aliphatic hydroxyl groups is 1. The zero-order valence-electron chi connectivity index (χ0n) is 21.4. The molecule has 3 N–H and O–H groups in total. The first-order valence-corrected chi connectivity index (χ1v) is 10.3. The monoisotopic (exact) mass is 605 g/mol. The standard InChI is InChI=1S/C10H10N4O3.C10H12N4O.C2H6O.CH3.Pd/c1-13-6-11-10(12-13)7-4-3-5-8(14(15)16)9(7)17-2;1-14-6-12-10(13-14)7-4-3-5-8(11)9(7)15-2;1-2-3;;/h3-6H,1-2H3;3-6H,11H2,1-2H3;3H,2H2,1H3;1H3;/q;;;-1;. The third kappa shape index (κ3) is 8.64. The topological polar surface area (TPSA) is 169 Å². The van der Waals surface area contributed by atoms with Gasteiger partial charge in [0.05, 0.1) is 36.0 Å². The number of aromatic nitrogens is 6. The molecule has 0 atom stereocenters. The van der Waals surface area contributed by atoms with Crippen molar-refractivity contribution in [1.29, 1.82) is 0 Å². The van der Waals surface area contributed by atoms with Gasteiger partial charge in [-0.2, -0.15) is 10.2 Å². The number of nitrogens with zero attached hydrogens (tertiary/aromatic N) is 7. The van der Waals surface area contributed by atoms with Crippen molar-refractivity contribution >= 4 is 11.4 Å². The average Bonchev–Trinajstić information content (AvgIpc) is 3.47. The van der Waals surface area contributed by atoms with Gasteiger partial charge in [0.15, 0.2) is 17.4 Å². The van der Waals surface area contributed by atoms with Crippen molar-refractivity contribution in [3.8, 4) is 34.3 Å². The summed E-state index contributed by atoms with van der Waals surface area (Å²) in [5.74, 6) is 1.79. The molecule has 0 amide bonds. The number of nitrogen functional groups attached to an aromatic ring is 1. The first kappa shape index (κ1) is 33.1. The summed E-state index contributed by atoms with van der Waals surface area (Å²) < 4.78 is 13.5. The van der Waals surface area contributed by atoms with Gasteiger partial charge in [-0.15, -0.1) is 0 Å². The Labute approximate surface area is 229 Å². The number of ether oxygens (including phenoxy) is 2. The van der Waals surface area contributed by atoms with Crippen molar-refractivity contribution in [3.63, 3.8) is 0 Å². The van der Waals surface area contributed by atoms with Crippen LogP contribution in [0.2, 0.25) is 0 Å². The summed E-state index contributed by atoms with van der Waals surface area (Å²) in [7, 11) is 6.50. The van der Waals surface area contributed by atoms with E-state index in [2.05, 4.69) is 20.2 Å². The molecule has 0 bridgehead atoms. The Morgan fingerprint density at radius 2 is 1.38 bits per heavy atom. The van der Waals surface area contributed by atoms with Crippen LogP contribution in [-0.2, 0) is 34.5 Å². The number of nitrogens with two attached hydrogens (primary N) is 1. The second-order valence-electron chi connectivity index (χ2n) is 6.84. The number of rotatable bonds is 5. The Balaban J connectivity index is 0.000000607.